The summed E-state index contributed by atoms with van der Waals surface area (Å²) in [5.74, 6) is 0. The summed E-state index contributed by atoms with van der Waals surface area (Å²) in [6, 6.07) is 0. The molecule has 0 N–H and O–H groups in total. The molecule has 512 valence electrons. The second kappa shape index (κ2) is 86.7. The van der Waals surface area contributed by atoms with Crippen LogP contribution in [0.2, 0.25) is 0 Å². The molecule has 0 saturated heterocycles. The summed E-state index contributed by atoms with van der Waals surface area (Å²) in [5, 5.41) is 0. The second-order valence-electron chi connectivity index (χ2n) is 22.0. The molecule has 0 aliphatic rings. The molecule has 20 heteroatoms. The fourth-order valence-electron chi connectivity index (χ4n) is 8.40. The molecule has 86 heavy (non-hydrogen) atoms. The van der Waals surface area contributed by atoms with E-state index < -0.39 is 0 Å². The molecule has 0 amide bonds. The minimum atomic E-state index is 0. The molecular formula is C66H132MoN6S13-2. The third kappa shape index (κ3) is 83.7. The number of nitrogens with zero attached hydrogens (tertiary/aromatic N) is 6. The van der Waals surface area contributed by atoms with Gasteiger partial charge in [-0.05, 0) is 77.0 Å². The Labute approximate surface area is 625 Å². The third-order valence-corrected chi connectivity index (χ3v) is 17.0. The molecule has 0 aromatic carbocycles. The van der Waals surface area contributed by atoms with E-state index in [-0.39, 0.29) is 34.6 Å². The van der Waals surface area contributed by atoms with Crippen LogP contribution in [0.3, 0.4) is 0 Å². The summed E-state index contributed by atoms with van der Waals surface area (Å²) >= 11 is 60.7. The SMILES string of the molecule is CCCCCN(CCCCC)C(=S)[S-].CCCCCN(CCCCC)C(=S)[S-].CCCCCN(CCCCC)C(=S)[S-].CCCCCN(CCCCC)C(=S)[S-].CCCCCN(CCCCC)C(=S)[S-].CCCCCN(CCCCC)C(=S)[S-].[Mo+6].[S-2]. The van der Waals surface area contributed by atoms with E-state index in [4.69, 9.17) is 149 Å². The molecular weight excluding hydrogens is 1390 g/mol. The number of rotatable bonds is 48. The molecule has 0 fully saturated rings. The van der Waals surface area contributed by atoms with Crippen molar-refractivity contribution in [3.05, 3.63) is 0 Å². The van der Waals surface area contributed by atoms with Gasteiger partial charge in [0.1, 0.15) is 0 Å². The van der Waals surface area contributed by atoms with Gasteiger partial charge in [-0.1, -0.05) is 263 Å². The Kier molecular flexibility index (Phi) is 105. The summed E-state index contributed by atoms with van der Waals surface area (Å²) in [6.45, 7) is 39.3. The van der Waals surface area contributed by atoms with Crippen LogP contribution in [0.5, 0.6) is 0 Å². The predicted molar refractivity (Wildman–Crippen MR) is 431 cm³/mol. The second-order valence-corrected chi connectivity index (χ2v) is 28.2. The molecule has 0 radical (unpaired) electrons. The van der Waals surface area contributed by atoms with Crippen molar-refractivity contribution < 1.29 is 21.1 Å². The van der Waals surface area contributed by atoms with Crippen LogP contribution in [0.4, 0.5) is 0 Å². The van der Waals surface area contributed by atoms with Crippen LogP contribution in [0.25, 0.3) is 0 Å². The Morgan fingerprint density at radius 3 is 0.302 bits per heavy atom. The fraction of sp³-hybridized carbons (Fsp3) is 0.909. The quantitative estimate of drug-likeness (QED) is 0.0249. The maximum Gasteiger partial charge on any atom is 6.00 e. The van der Waals surface area contributed by atoms with Crippen LogP contribution >= 0.6 is 73.3 Å². The maximum absolute atomic E-state index is 5.06. The summed E-state index contributed by atoms with van der Waals surface area (Å²) in [5.41, 5.74) is 0. The molecule has 0 rings (SSSR count). The van der Waals surface area contributed by atoms with E-state index in [1.807, 2.05) is 0 Å². The number of hydrogen-bond donors (Lipinski definition) is 0. The predicted octanol–water partition coefficient (Wildman–Crippen LogP) is 21.0. The first-order valence-electron chi connectivity index (χ1n) is 34.1. The van der Waals surface area contributed by atoms with Gasteiger partial charge in [-0.25, -0.2) is 0 Å². The summed E-state index contributed by atoms with van der Waals surface area (Å²) in [4.78, 5) is 13.1. The topological polar surface area (TPSA) is 19.4 Å². The Bertz CT molecular complexity index is 1100. The molecule has 0 saturated carbocycles. The van der Waals surface area contributed by atoms with Gasteiger partial charge in [0.15, 0.2) is 0 Å². The zero-order valence-corrected chi connectivity index (χ0v) is 70.0. The standard InChI is InChI=1S/6C11H23NS2.Mo.S/c6*1-3-5-7-9-12(11(13)14)10-8-6-4-2;;/h6*3-10H2,1-2H3,(H,13,14);;/q;;;;;;+6;-2/p-6. The Balaban J connectivity index is -0.000000141. The van der Waals surface area contributed by atoms with Crippen LogP contribution in [-0.4, -0.2) is 134 Å². The third-order valence-electron chi connectivity index (χ3n) is 13.9. The summed E-state index contributed by atoms with van der Waals surface area (Å²) < 4.78 is 3.90. The van der Waals surface area contributed by atoms with Gasteiger partial charge in [-0.2, -0.15) is 0 Å². The van der Waals surface area contributed by atoms with Gasteiger partial charge in [-0.3, -0.25) is 0 Å². The number of hydrogen-bond acceptors (Lipinski definition) is 12. The molecule has 0 spiro atoms. The van der Waals surface area contributed by atoms with E-state index >= 15 is 0 Å². The van der Waals surface area contributed by atoms with Gasteiger partial charge in [-0.15, -0.1) is 0 Å². The minimum absolute atomic E-state index is 0. The van der Waals surface area contributed by atoms with E-state index in [0.29, 0.717) is 25.9 Å². The zero-order valence-electron chi connectivity index (χ0n) is 57.3. The summed E-state index contributed by atoms with van der Waals surface area (Å²) in [7, 11) is 0. The maximum atomic E-state index is 5.06. The molecule has 0 aromatic rings. The molecule has 0 aliphatic carbocycles. The van der Waals surface area contributed by atoms with Gasteiger partial charge >= 0.3 is 21.1 Å². The van der Waals surface area contributed by atoms with Crippen molar-refractivity contribution in [3.63, 3.8) is 0 Å². The van der Waals surface area contributed by atoms with Crippen molar-refractivity contribution in [1.29, 1.82) is 0 Å². The van der Waals surface area contributed by atoms with Crippen LogP contribution in [0, 0.1) is 0 Å². The van der Waals surface area contributed by atoms with E-state index in [2.05, 4.69) is 112 Å². The van der Waals surface area contributed by atoms with Crippen molar-refractivity contribution in [1.82, 2.24) is 29.4 Å². The average Bonchev–Trinajstić information content (AvgIpc) is 3.46. The number of unbranched alkanes of at least 4 members (excludes halogenated alkanes) is 24. The van der Waals surface area contributed by atoms with Gasteiger partial charge in [0.05, 0.1) is 0 Å². The van der Waals surface area contributed by atoms with E-state index in [9.17, 15) is 0 Å². The van der Waals surface area contributed by atoms with Crippen LogP contribution < -0.4 is 0 Å². The van der Waals surface area contributed by atoms with Crippen molar-refractivity contribution >= 4 is 188 Å². The Morgan fingerprint density at radius 2 is 0.256 bits per heavy atom. The first-order chi connectivity index (χ1) is 40.3. The van der Waals surface area contributed by atoms with E-state index in [0.717, 1.165) is 78.5 Å². The Morgan fingerprint density at radius 1 is 0.186 bits per heavy atom. The Hall–Kier alpha value is 1.70. The fourth-order valence-corrected chi connectivity index (χ4v) is 10.6. The largest absolute Gasteiger partial charge is 6.00 e. The van der Waals surface area contributed by atoms with Crippen molar-refractivity contribution in [2.24, 2.45) is 0 Å². The van der Waals surface area contributed by atoms with Crippen molar-refractivity contribution in [2.45, 2.75) is 314 Å². The van der Waals surface area contributed by atoms with Crippen LogP contribution in [-0.2, 0) is 110 Å². The first kappa shape index (κ1) is 104. The van der Waals surface area contributed by atoms with Gasteiger partial charge < -0.3 is 192 Å². The molecule has 0 unspecified atom stereocenters. The molecule has 0 bridgehead atoms. The monoisotopic (exact) mass is 1520 g/mol. The van der Waals surface area contributed by atoms with Crippen molar-refractivity contribution in [2.75, 3.05) is 78.5 Å². The van der Waals surface area contributed by atoms with Crippen LogP contribution in [0.1, 0.15) is 314 Å². The van der Waals surface area contributed by atoms with Gasteiger partial charge in [0.25, 0.3) is 0 Å². The van der Waals surface area contributed by atoms with E-state index in [1.54, 1.807) is 0 Å². The van der Waals surface area contributed by atoms with Crippen LogP contribution in [0.15, 0.2) is 0 Å². The normalized spacial score (nSPS) is 9.91. The smallest absolute Gasteiger partial charge is 2.00 e. The van der Waals surface area contributed by atoms with Gasteiger partial charge in [0, 0.05) is 78.5 Å². The zero-order chi connectivity index (χ0) is 64.9. The molecule has 0 aliphatic heterocycles. The molecule has 0 atom stereocenters. The molecule has 0 heterocycles. The molecule has 0 aromatic heterocycles. The minimum Gasteiger partial charge on any atom is -2.00 e. The van der Waals surface area contributed by atoms with Crippen molar-refractivity contribution in [3.8, 4) is 0 Å². The average molecular weight is 1520 g/mol. The van der Waals surface area contributed by atoms with Gasteiger partial charge in [0.2, 0.25) is 0 Å². The molecule has 6 nitrogen and oxygen atoms in total. The van der Waals surface area contributed by atoms with E-state index in [1.165, 1.54) is 231 Å². The number of thiocarbonyl (C=S) groups is 6. The first-order valence-corrected chi connectivity index (χ1v) is 39.0. The summed E-state index contributed by atoms with van der Waals surface area (Å²) in [6.07, 6.45) is 45.1.